The van der Waals surface area contributed by atoms with Crippen LogP contribution in [0.3, 0.4) is 0 Å². The van der Waals surface area contributed by atoms with Gasteiger partial charge in [0.05, 0.1) is 15.1 Å². The zero-order valence-corrected chi connectivity index (χ0v) is 23.2. The Balaban J connectivity index is 1.91. The van der Waals surface area contributed by atoms with E-state index in [9.17, 15) is 13.2 Å². The molecule has 0 aliphatic carbocycles. The van der Waals surface area contributed by atoms with Crippen LogP contribution in [0.4, 0.5) is 5.69 Å². The van der Waals surface area contributed by atoms with Crippen LogP contribution in [-0.4, -0.2) is 20.9 Å². The minimum Gasteiger partial charge on any atom is -0.483 e. The molecular formula is C27H29BrClNO4S. The lowest BCUT2D eigenvalue weighted by molar-refractivity contribution is -0.119. The van der Waals surface area contributed by atoms with E-state index < -0.39 is 22.5 Å². The Morgan fingerprint density at radius 2 is 1.69 bits per heavy atom. The van der Waals surface area contributed by atoms with Crippen molar-refractivity contribution in [3.8, 4) is 5.75 Å². The molecule has 186 valence electrons. The van der Waals surface area contributed by atoms with Crippen molar-refractivity contribution < 1.29 is 17.9 Å². The van der Waals surface area contributed by atoms with Crippen LogP contribution in [0.15, 0.2) is 76.1 Å². The summed E-state index contributed by atoms with van der Waals surface area (Å²) in [5.41, 5.74) is 2.45. The molecule has 0 N–H and O–H groups in total. The fraction of sp³-hybridized carbons (Fsp3) is 0.296. The summed E-state index contributed by atoms with van der Waals surface area (Å²) in [6.07, 6.45) is 2.98. The molecule has 0 aliphatic rings. The van der Waals surface area contributed by atoms with Gasteiger partial charge in [0, 0.05) is 5.02 Å². The molecule has 0 saturated carbocycles. The van der Waals surface area contributed by atoms with Crippen molar-refractivity contribution in [1.29, 1.82) is 0 Å². The molecule has 0 fully saturated rings. The highest BCUT2D eigenvalue weighted by molar-refractivity contribution is 9.10. The number of benzene rings is 3. The Hall–Kier alpha value is -2.35. The maximum absolute atomic E-state index is 13.5. The average molecular weight is 579 g/mol. The van der Waals surface area contributed by atoms with E-state index >= 15 is 0 Å². The van der Waals surface area contributed by atoms with Crippen molar-refractivity contribution >= 4 is 49.1 Å². The number of unbranched alkanes of at least 4 members (excludes halogenated alkanes) is 1. The number of rotatable bonds is 10. The number of hydrogen-bond acceptors (Lipinski definition) is 4. The summed E-state index contributed by atoms with van der Waals surface area (Å²) in [4.78, 5) is 13.3. The first kappa shape index (κ1) is 27.2. The van der Waals surface area contributed by atoms with Crippen molar-refractivity contribution in [1.82, 2.24) is 0 Å². The van der Waals surface area contributed by atoms with Gasteiger partial charge in [0.1, 0.15) is 5.75 Å². The average Bonchev–Trinajstić information content (AvgIpc) is 2.83. The quantitative estimate of drug-likeness (QED) is 0.252. The van der Waals surface area contributed by atoms with Gasteiger partial charge in [-0.3, -0.25) is 4.79 Å². The summed E-state index contributed by atoms with van der Waals surface area (Å²) < 4.78 is 34.3. The molecule has 3 aromatic carbocycles. The van der Waals surface area contributed by atoms with Gasteiger partial charge >= 0.3 is 0 Å². The zero-order valence-electron chi connectivity index (χ0n) is 20.0. The van der Waals surface area contributed by atoms with E-state index in [1.54, 1.807) is 18.2 Å². The van der Waals surface area contributed by atoms with E-state index in [1.807, 2.05) is 24.3 Å². The van der Waals surface area contributed by atoms with Gasteiger partial charge in [-0.15, -0.1) is 0 Å². The monoisotopic (exact) mass is 577 g/mol. The molecule has 8 heteroatoms. The van der Waals surface area contributed by atoms with Gasteiger partial charge in [0.25, 0.3) is 15.9 Å². The molecule has 0 aromatic heterocycles. The first-order valence-electron chi connectivity index (χ1n) is 11.5. The largest absolute Gasteiger partial charge is 0.483 e. The maximum Gasteiger partial charge on any atom is 0.278 e. The van der Waals surface area contributed by atoms with Crippen LogP contribution in [-0.2, 0) is 21.2 Å². The van der Waals surface area contributed by atoms with Gasteiger partial charge in [0.2, 0.25) is 0 Å². The van der Waals surface area contributed by atoms with Crippen LogP contribution >= 0.6 is 27.5 Å². The summed E-state index contributed by atoms with van der Waals surface area (Å²) in [5.74, 6) is 0.0879. The molecule has 35 heavy (non-hydrogen) atoms. The summed E-state index contributed by atoms with van der Waals surface area (Å²) in [6.45, 7) is 5.82. The Bertz CT molecular complexity index is 1260. The predicted molar refractivity (Wildman–Crippen MR) is 145 cm³/mol. The van der Waals surface area contributed by atoms with Crippen molar-refractivity contribution in [3.63, 3.8) is 0 Å². The molecule has 0 saturated heterocycles. The van der Waals surface area contributed by atoms with Crippen molar-refractivity contribution in [2.45, 2.75) is 50.8 Å². The van der Waals surface area contributed by atoms with Gasteiger partial charge in [0.15, 0.2) is 6.61 Å². The molecule has 3 rings (SSSR count). The number of carbonyl (C=O) groups is 1. The summed E-state index contributed by atoms with van der Waals surface area (Å²) in [6, 6.07) is 18.4. The van der Waals surface area contributed by atoms with Gasteiger partial charge in [-0.2, -0.15) is 4.31 Å². The fourth-order valence-electron chi connectivity index (χ4n) is 3.50. The first-order valence-corrected chi connectivity index (χ1v) is 14.1. The highest BCUT2D eigenvalue weighted by atomic mass is 79.9. The van der Waals surface area contributed by atoms with E-state index in [0.717, 1.165) is 34.7 Å². The normalized spacial score (nSPS) is 11.5. The number of nitrogens with zero attached hydrogens (tertiary/aromatic N) is 1. The number of carbonyl (C=O) groups excluding carboxylic acids is 1. The molecule has 0 unspecified atom stereocenters. The van der Waals surface area contributed by atoms with E-state index in [0.29, 0.717) is 21.2 Å². The fourth-order valence-corrected chi connectivity index (χ4v) is 5.55. The van der Waals surface area contributed by atoms with Crippen LogP contribution < -0.4 is 9.04 Å². The lowest BCUT2D eigenvalue weighted by Crippen LogP contribution is -2.40. The third kappa shape index (κ3) is 6.87. The standard InChI is InChI=1S/C27H29BrClNO4S/c1-4-5-6-20-7-12-23(13-8-20)30(35(32,33)24-14-10-22(29)11-15-24)27(31)18-34-26-16-9-21(19(2)3)17-25(26)28/h7-17,19H,4-6,18H2,1-3H3. The Morgan fingerprint density at radius 3 is 2.26 bits per heavy atom. The number of hydrogen-bond donors (Lipinski definition) is 0. The molecule has 0 aliphatic heterocycles. The van der Waals surface area contributed by atoms with Crippen LogP contribution in [0.25, 0.3) is 0 Å². The topological polar surface area (TPSA) is 63.7 Å². The lowest BCUT2D eigenvalue weighted by Gasteiger charge is -2.23. The summed E-state index contributed by atoms with van der Waals surface area (Å²) in [7, 11) is -4.20. The molecule has 3 aromatic rings. The predicted octanol–water partition coefficient (Wildman–Crippen LogP) is 7.37. The second-order valence-electron chi connectivity index (χ2n) is 8.52. The van der Waals surface area contributed by atoms with E-state index in [4.69, 9.17) is 16.3 Å². The van der Waals surface area contributed by atoms with Crippen LogP contribution in [0.1, 0.15) is 50.7 Å². The van der Waals surface area contributed by atoms with E-state index in [2.05, 4.69) is 36.7 Å². The number of sulfonamides is 1. The summed E-state index contributed by atoms with van der Waals surface area (Å²) in [5, 5.41) is 0.403. The SMILES string of the molecule is CCCCc1ccc(N(C(=O)COc2ccc(C(C)C)cc2Br)S(=O)(=O)c2ccc(Cl)cc2)cc1. The van der Waals surface area contributed by atoms with Gasteiger partial charge in [-0.25, -0.2) is 8.42 Å². The van der Waals surface area contributed by atoms with Crippen LogP contribution in [0.2, 0.25) is 5.02 Å². The minimum atomic E-state index is -4.20. The third-order valence-corrected chi connectivity index (χ3v) is 8.18. The smallest absolute Gasteiger partial charge is 0.278 e. The molecule has 0 spiro atoms. The highest BCUT2D eigenvalue weighted by Crippen LogP contribution is 2.30. The van der Waals surface area contributed by atoms with Gasteiger partial charge in [-0.1, -0.05) is 57.0 Å². The zero-order chi connectivity index (χ0) is 25.6. The van der Waals surface area contributed by atoms with Crippen LogP contribution in [0, 0.1) is 0 Å². The first-order chi connectivity index (χ1) is 16.6. The molecule has 0 atom stereocenters. The lowest BCUT2D eigenvalue weighted by atomic mass is 10.0. The Kier molecular flexibility index (Phi) is 9.39. The maximum atomic E-state index is 13.5. The van der Waals surface area contributed by atoms with Crippen molar-refractivity contribution in [2.24, 2.45) is 0 Å². The minimum absolute atomic E-state index is 0.0345. The number of amides is 1. The third-order valence-electron chi connectivity index (χ3n) is 5.54. The molecule has 0 radical (unpaired) electrons. The van der Waals surface area contributed by atoms with E-state index in [1.165, 1.54) is 24.3 Å². The number of ether oxygens (including phenoxy) is 1. The Morgan fingerprint density at radius 1 is 1.03 bits per heavy atom. The van der Waals surface area contributed by atoms with Crippen molar-refractivity contribution in [2.75, 3.05) is 10.9 Å². The van der Waals surface area contributed by atoms with Crippen molar-refractivity contribution in [3.05, 3.63) is 87.4 Å². The molecule has 0 heterocycles. The van der Waals surface area contributed by atoms with Gasteiger partial charge in [-0.05, 0) is 94.3 Å². The number of halogens is 2. The number of aryl methyl sites for hydroxylation is 1. The van der Waals surface area contributed by atoms with Gasteiger partial charge < -0.3 is 4.74 Å². The second kappa shape index (κ2) is 12.1. The Labute approximate surface area is 221 Å². The van der Waals surface area contributed by atoms with E-state index in [-0.39, 0.29) is 10.6 Å². The molecular weight excluding hydrogens is 550 g/mol. The molecule has 1 amide bonds. The molecule has 5 nitrogen and oxygen atoms in total. The molecule has 0 bridgehead atoms. The highest BCUT2D eigenvalue weighted by Gasteiger charge is 2.31. The van der Waals surface area contributed by atoms with Crippen LogP contribution in [0.5, 0.6) is 5.75 Å². The second-order valence-corrected chi connectivity index (χ2v) is 11.6. The summed E-state index contributed by atoms with van der Waals surface area (Å²) >= 11 is 9.42. The number of anilines is 1.